The molecule has 0 saturated heterocycles. The van der Waals surface area contributed by atoms with E-state index >= 15 is 0 Å². The van der Waals surface area contributed by atoms with Crippen LogP contribution in [0.4, 0.5) is 0 Å². The number of aryl methyl sites for hydroxylation is 2. The fraction of sp³-hybridized carbons (Fsp3) is 0.172. The van der Waals surface area contributed by atoms with Crippen LogP contribution in [-0.2, 0) is 21.7 Å². The molecule has 0 amide bonds. The van der Waals surface area contributed by atoms with Crippen molar-refractivity contribution in [2.75, 3.05) is 6.61 Å². The van der Waals surface area contributed by atoms with Gasteiger partial charge in [-0.1, -0.05) is 78.9 Å². The van der Waals surface area contributed by atoms with Crippen LogP contribution in [0.1, 0.15) is 22.4 Å². The van der Waals surface area contributed by atoms with E-state index in [0.717, 1.165) is 17.0 Å². The highest BCUT2D eigenvalue weighted by Gasteiger charge is 2.44. The van der Waals surface area contributed by atoms with Crippen LogP contribution >= 0.6 is 0 Å². The standard InChI is InChI=1S/C29H27NO3/c1-22-20-23(2)30(27(21-22)24-12-6-3-7-13-24)18-19-33-29(28(31)32,25-14-8-4-9-15-25)26-16-10-5-11-17-26/h3-17,20-21H,18-19H2,1-2H3/p+1. The van der Waals surface area contributed by atoms with E-state index in [1.807, 2.05) is 54.6 Å². The summed E-state index contributed by atoms with van der Waals surface area (Å²) in [6, 6.07) is 32.8. The number of carboxylic acid groups (broad SMARTS) is 1. The maximum absolute atomic E-state index is 12.7. The highest BCUT2D eigenvalue weighted by atomic mass is 16.5. The number of carbonyl (C=O) groups is 1. The predicted molar refractivity (Wildman–Crippen MR) is 129 cm³/mol. The van der Waals surface area contributed by atoms with Gasteiger partial charge < -0.3 is 9.84 Å². The first-order valence-corrected chi connectivity index (χ1v) is 11.1. The lowest BCUT2D eigenvalue weighted by molar-refractivity contribution is -0.694. The van der Waals surface area contributed by atoms with Crippen molar-refractivity contribution < 1.29 is 19.2 Å². The minimum absolute atomic E-state index is 0.227. The molecule has 0 spiro atoms. The number of ether oxygens (including phenoxy) is 1. The van der Waals surface area contributed by atoms with Crippen LogP contribution in [0.15, 0.2) is 103 Å². The Hall–Kier alpha value is -3.76. The topological polar surface area (TPSA) is 50.4 Å². The van der Waals surface area contributed by atoms with Crippen LogP contribution in [-0.4, -0.2) is 17.7 Å². The summed E-state index contributed by atoms with van der Waals surface area (Å²) in [4.78, 5) is 12.7. The van der Waals surface area contributed by atoms with Crippen LogP contribution in [0.2, 0.25) is 0 Å². The Labute approximate surface area is 194 Å². The van der Waals surface area contributed by atoms with E-state index in [4.69, 9.17) is 4.74 Å². The Balaban J connectivity index is 1.71. The maximum atomic E-state index is 12.7. The van der Waals surface area contributed by atoms with Gasteiger partial charge in [-0.05, 0) is 35.7 Å². The van der Waals surface area contributed by atoms with Gasteiger partial charge in [0.1, 0.15) is 6.61 Å². The fourth-order valence-corrected chi connectivity index (χ4v) is 4.36. The molecule has 4 nitrogen and oxygen atoms in total. The summed E-state index contributed by atoms with van der Waals surface area (Å²) < 4.78 is 8.51. The van der Waals surface area contributed by atoms with Gasteiger partial charge in [-0.25, -0.2) is 4.79 Å². The molecule has 1 aromatic heterocycles. The Morgan fingerprint density at radius 2 is 1.33 bits per heavy atom. The molecule has 0 radical (unpaired) electrons. The molecule has 0 aliphatic carbocycles. The van der Waals surface area contributed by atoms with E-state index in [1.165, 1.54) is 5.56 Å². The second kappa shape index (κ2) is 9.80. The molecule has 0 aliphatic heterocycles. The third kappa shape index (κ3) is 4.57. The van der Waals surface area contributed by atoms with Crippen LogP contribution in [0.25, 0.3) is 11.3 Å². The van der Waals surface area contributed by atoms with Crippen molar-refractivity contribution in [3.63, 3.8) is 0 Å². The SMILES string of the molecule is Cc1cc(C)[n+](CCOC(C(=O)O)(c2ccccc2)c2ccccc2)c(-c2ccccc2)c1. The van der Waals surface area contributed by atoms with Gasteiger partial charge in [-0.2, -0.15) is 4.57 Å². The lowest BCUT2D eigenvalue weighted by atomic mass is 9.86. The summed E-state index contributed by atoms with van der Waals surface area (Å²) in [5.74, 6) is -1.03. The van der Waals surface area contributed by atoms with Crippen molar-refractivity contribution >= 4 is 5.97 Å². The molecule has 0 atom stereocenters. The fourth-order valence-electron chi connectivity index (χ4n) is 4.36. The van der Waals surface area contributed by atoms with Crippen molar-refractivity contribution in [3.8, 4) is 11.3 Å². The number of aliphatic carboxylic acids is 1. The molecule has 4 rings (SSSR count). The third-order valence-corrected chi connectivity index (χ3v) is 5.88. The summed E-state index contributed by atoms with van der Waals surface area (Å²) in [5, 5.41) is 10.4. The molecular formula is C29H28NO3+. The zero-order valence-corrected chi connectivity index (χ0v) is 18.9. The molecule has 1 heterocycles. The molecule has 0 unspecified atom stereocenters. The number of carboxylic acids is 1. The van der Waals surface area contributed by atoms with E-state index in [9.17, 15) is 9.90 Å². The molecular weight excluding hydrogens is 410 g/mol. The van der Waals surface area contributed by atoms with Crippen molar-refractivity contribution in [1.29, 1.82) is 0 Å². The minimum Gasteiger partial charge on any atom is -0.479 e. The minimum atomic E-state index is -1.59. The van der Waals surface area contributed by atoms with Crippen LogP contribution in [0, 0.1) is 13.8 Å². The first-order chi connectivity index (χ1) is 16.0. The molecule has 0 bridgehead atoms. The van der Waals surface area contributed by atoms with E-state index < -0.39 is 11.6 Å². The Morgan fingerprint density at radius 1 is 0.818 bits per heavy atom. The lowest BCUT2D eigenvalue weighted by Gasteiger charge is -2.30. The molecule has 0 aliphatic rings. The smallest absolute Gasteiger partial charge is 0.345 e. The van der Waals surface area contributed by atoms with Gasteiger partial charge in [-0.3, -0.25) is 0 Å². The van der Waals surface area contributed by atoms with E-state index in [0.29, 0.717) is 17.7 Å². The Morgan fingerprint density at radius 3 is 1.85 bits per heavy atom. The summed E-state index contributed by atoms with van der Waals surface area (Å²) in [6.07, 6.45) is 0. The molecule has 0 saturated carbocycles. The quantitative estimate of drug-likeness (QED) is 0.380. The van der Waals surface area contributed by atoms with Crippen molar-refractivity contribution in [3.05, 3.63) is 126 Å². The van der Waals surface area contributed by atoms with Crippen LogP contribution < -0.4 is 4.57 Å². The van der Waals surface area contributed by atoms with Gasteiger partial charge in [0.25, 0.3) is 0 Å². The van der Waals surface area contributed by atoms with Crippen LogP contribution in [0.5, 0.6) is 0 Å². The van der Waals surface area contributed by atoms with Gasteiger partial charge in [0.15, 0.2) is 12.2 Å². The summed E-state index contributed by atoms with van der Waals surface area (Å²) in [6.45, 7) is 4.90. The predicted octanol–water partition coefficient (Wildman–Crippen LogP) is 5.30. The second-order valence-electron chi connectivity index (χ2n) is 8.14. The zero-order valence-electron chi connectivity index (χ0n) is 18.9. The Bertz CT molecular complexity index is 1180. The van der Waals surface area contributed by atoms with Crippen molar-refractivity contribution in [2.45, 2.75) is 26.0 Å². The lowest BCUT2D eigenvalue weighted by Crippen LogP contribution is -2.45. The average Bonchev–Trinajstić information content (AvgIpc) is 2.84. The summed E-state index contributed by atoms with van der Waals surface area (Å²) in [5.41, 5.74) is 4.07. The normalized spacial score (nSPS) is 11.3. The number of aromatic nitrogens is 1. The molecule has 4 aromatic rings. The second-order valence-corrected chi connectivity index (χ2v) is 8.14. The molecule has 1 N–H and O–H groups in total. The maximum Gasteiger partial charge on any atom is 0.345 e. The monoisotopic (exact) mass is 438 g/mol. The zero-order chi connectivity index (χ0) is 23.3. The first-order valence-electron chi connectivity index (χ1n) is 11.1. The molecule has 3 aromatic carbocycles. The number of hydrogen-bond acceptors (Lipinski definition) is 2. The number of nitrogens with zero attached hydrogens (tertiary/aromatic N) is 1. The van der Waals surface area contributed by atoms with Gasteiger partial charge in [-0.15, -0.1) is 0 Å². The number of pyridine rings is 1. The largest absolute Gasteiger partial charge is 0.479 e. The first kappa shape index (κ1) is 22.4. The highest BCUT2D eigenvalue weighted by Crippen LogP contribution is 2.34. The summed E-state index contributed by atoms with van der Waals surface area (Å²) >= 11 is 0. The Kier molecular flexibility index (Phi) is 6.66. The van der Waals surface area contributed by atoms with Gasteiger partial charge in [0, 0.05) is 24.6 Å². The summed E-state index contributed by atoms with van der Waals surface area (Å²) in [7, 11) is 0. The average molecular weight is 439 g/mol. The van der Waals surface area contributed by atoms with Gasteiger partial charge >= 0.3 is 5.97 Å². The van der Waals surface area contributed by atoms with Gasteiger partial charge in [0.05, 0.1) is 0 Å². The van der Waals surface area contributed by atoms with E-state index in [1.54, 1.807) is 24.3 Å². The van der Waals surface area contributed by atoms with E-state index in [2.05, 4.69) is 42.7 Å². The number of rotatable bonds is 8. The third-order valence-electron chi connectivity index (χ3n) is 5.88. The van der Waals surface area contributed by atoms with Gasteiger partial charge in [0.2, 0.25) is 11.3 Å². The van der Waals surface area contributed by atoms with Crippen molar-refractivity contribution in [1.82, 2.24) is 0 Å². The molecule has 0 fully saturated rings. The molecule has 33 heavy (non-hydrogen) atoms. The highest BCUT2D eigenvalue weighted by molar-refractivity contribution is 5.84. The number of hydrogen-bond donors (Lipinski definition) is 1. The molecule has 166 valence electrons. The van der Waals surface area contributed by atoms with Crippen LogP contribution in [0.3, 0.4) is 0 Å². The molecule has 4 heteroatoms. The van der Waals surface area contributed by atoms with Crippen molar-refractivity contribution in [2.24, 2.45) is 0 Å². The number of benzene rings is 3. The van der Waals surface area contributed by atoms with E-state index in [-0.39, 0.29) is 6.61 Å².